The second-order valence-corrected chi connectivity index (χ2v) is 10.3. The van der Waals surface area contributed by atoms with Gasteiger partial charge in [0.05, 0.1) is 18.5 Å². The van der Waals surface area contributed by atoms with Crippen LogP contribution in [0.2, 0.25) is 0 Å². The Hall–Kier alpha value is -4.73. The molecule has 0 spiro atoms. The maximum absolute atomic E-state index is 13.2. The molecule has 1 fully saturated rings. The first-order chi connectivity index (χ1) is 20.1. The van der Waals surface area contributed by atoms with Gasteiger partial charge in [0.1, 0.15) is 5.65 Å². The van der Waals surface area contributed by atoms with E-state index in [1.54, 1.807) is 0 Å². The molecule has 1 aliphatic rings. The largest absolute Gasteiger partial charge is 0.477 e. The summed E-state index contributed by atoms with van der Waals surface area (Å²) in [6, 6.07) is 20.1. The van der Waals surface area contributed by atoms with E-state index in [9.17, 15) is 4.79 Å². The second kappa shape index (κ2) is 11.8. The van der Waals surface area contributed by atoms with Crippen molar-refractivity contribution in [3.63, 3.8) is 0 Å². The molecule has 6 rings (SSSR count). The third kappa shape index (κ3) is 5.63. The van der Waals surface area contributed by atoms with E-state index >= 15 is 0 Å². The predicted octanol–water partition coefficient (Wildman–Crippen LogP) is 6.04. The molecule has 10 nitrogen and oxygen atoms in total. The molecule has 2 aromatic carbocycles. The molecule has 10 heteroatoms. The van der Waals surface area contributed by atoms with Crippen LogP contribution in [0.4, 0.5) is 4.79 Å². The number of benzene rings is 2. The molecule has 1 aliphatic carbocycles. The standard InChI is InChI=1S/C31H33N7O3/c1-3-40-27-19-38-26(18-13-20(2)30(38)33-27)28(41-31(39)32-23-9-5-4-6-10-23)22-16-14-21(15-17-22)24-11-7-8-12-25(24)29-34-36-37-35-29/h7-8,11-19,23,28H,3-6,9-10H2,1-2H3,(H,32,39)(H,34,35,36,37). The minimum atomic E-state index is -0.673. The van der Waals surface area contributed by atoms with Crippen molar-refractivity contribution in [3.8, 4) is 28.4 Å². The third-order valence-electron chi connectivity index (χ3n) is 7.58. The Bertz CT molecular complexity index is 1620. The molecule has 0 radical (unpaired) electrons. The van der Waals surface area contributed by atoms with Crippen LogP contribution in [0.1, 0.15) is 62.0 Å². The summed E-state index contributed by atoms with van der Waals surface area (Å²) in [5.74, 6) is 1.12. The first-order valence-electron chi connectivity index (χ1n) is 14.1. The smallest absolute Gasteiger partial charge is 0.408 e. The number of nitrogens with one attached hydrogen (secondary N) is 2. The Kier molecular flexibility index (Phi) is 7.62. The van der Waals surface area contributed by atoms with Gasteiger partial charge in [-0.1, -0.05) is 73.9 Å². The highest BCUT2D eigenvalue weighted by Gasteiger charge is 2.25. The number of rotatable bonds is 8. The number of fused-ring (bicyclic) bond motifs is 1. The summed E-state index contributed by atoms with van der Waals surface area (Å²) >= 11 is 0. The molecule has 1 amide bonds. The van der Waals surface area contributed by atoms with Crippen molar-refractivity contribution >= 4 is 11.7 Å². The molecular weight excluding hydrogens is 518 g/mol. The van der Waals surface area contributed by atoms with Gasteiger partial charge in [0, 0.05) is 11.6 Å². The average molecular weight is 552 g/mol. The van der Waals surface area contributed by atoms with Crippen LogP contribution in [0.3, 0.4) is 0 Å². The number of tetrazole rings is 1. The van der Waals surface area contributed by atoms with E-state index in [2.05, 4.69) is 30.9 Å². The number of imidazole rings is 1. The van der Waals surface area contributed by atoms with Gasteiger partial charge in [-0.15, -0.1) is 5.10 Å². The first-order valence-corrected chi connectivity index (χ1v) is 14.1. The number of aromatic amines is 1. The van der Waals surface area contributed by atoms with Crippen molar-refractivity contribution in [3.05, 3.63) is 83.7 Å². The minimum Gasteiger partial charge on any atom is -0.477 e. The van der Waals surface area contributed by atoms with Crippen LogP contribution >= 0.6 is 0 Å². The SMILES string of the molecule is CCOc1cn2c(C(OC(=O)NC3CCCCC3)c3ccc(-c4ccccc4-c4nnn[nH]4)cc3)ccc(C)c2n1. The topological polar surface area (TPSA) is 119 Å². The minimum absolute atomic E-state index is 0.136. The highest BCUT2D eigenvalue weighted by Crippen LogP contribution is 2.34. The molecule has 41 heavy (non-hydrogen) atoms. The van der Waals surface area contributed by atoms with Crippen LogP contribution in [0.15, 0.2) is 66.9 Å². The number of carbonyl (C=O) groups is 1. The summed E-state index contributed by atoms with van der Waals surface area (Å²) in [6.45, 7) is 4.44. The Labute approximate surface area is 238 Å². The number of nitrogens with zero attached hydrogens (tertiary/aromatic N) is 5. The predicted molar refractivity (Wildman–Crippen MR) is 154 cm³/mol. The summed E-state index contributed by atoms with van der Waals surface area (Å²) in [6.07, 6.45) is 6.16. The van der Waals surface area contributed by atoms with E-state index in [-0.39, 0.29) is 6.04 Å². The van der Waals surface area contributed by atoms with Gasteiger partial charge >= 0.3 is 6.09 Å². The summed E-state index contributed by atoms with van der Waals surface area (Å²) < 4.78 is 13.9. The number of aromatic nitrogens is 6. The van der Waals surface area contributed by atoms with Crippen LogP contribution in [-0.2, 0) is 4.74 Å². The number of aryl methyl sites for hydroxylation is 1. The van der Waals surface area contributed by atoms with Gasteiger partial charge in [0.25, 0.3) is 0 Å². The molecular formula is C31H33N7O3. The summed E-state index contributed by atoms with van der Waals surface area (Å²) in [5, 5.41) is 17.5. The Morgan fingerprint density at radius 1 is 1.05 bits per heavy atom. The van der Waals surface area contributed by atoms with Crippen LogP contribution in [-0.4, -0.2) is 48.8 Å². The van der Waals surface area contributed by atoms with E-state index in [0.29, 0.717) is 18.3 Å². The molecule has 5 aromatic rings. The maximum atomic E-state index is 13.2. The monoisotopic (exact) mass is 551 g/mol. The van der Waals surface area contributed by atoms with Crippen molar-refractivity contribution in [2.45, 2.75) is 58.1 Å². The van der Waals surface area contributed by atoms with E-state index in [0.717, 1.165) is 64.8 Å². The van der Waals surface area contributed by atoms with E-state index < -0.39 is 12.2 Å². The molecule has 0 aliphatic heterocycles. The van der Waals surface area contributed by atoms with Crippen molar-refractivity contribution in [1.29, 1.82) is 0 Å². The lowest BCUT2D eigenvalue weighted by molar-refractivity contribution is 0.108. The number of pyridine rings is 1. The Balaban J connectivity index is 1.37. The lowest BCUT2D eigenvalue weighted by atomic mass is 9.96. The van der Waals surface area contributed by atoms with Gasteiger partial charge in [0.2, 0.25) is 5.88 Å². The van der Waals surface area contributed by atoms with Gasteiger partial charge in [-0.05, 0) is 65.4 Å². The Morgan fingerprint density at radius 2 is 1.83 bits per heavy atom. The molecule has 1 unspecified atom stereocenters. The molecule has 210 valence electrons. The van der Waals surface area contributed by atoms with E-state index in [1.807, 2.05) is 85.1 Å². The fourth-order valence-electron chi connectivity index (χ4n) is 5.54. The number of alkyl carbamates (subject to hydrolysis) is 1. The number of carbonyl (C=O) groups excluding carboxylic acids is 1. The van der Waals surface area contributed by atoms with Crippen LogP contribution in [0.5, 0.6) is 5.88 Å². The summed E-state index contributed by atoms with van der Waals surface area (Å²) in [4.78, 5) is 17.9. The van der Waals surface area contributed by atoms with Crippen LogP contribution < -0.4 is 10.1 Å². The number of ether oxygens (including phenoxy) is 2. The van der Waals surface area contributed by atoms with Gasteiger partial charge in [-0.3, -0.25) is 4.40 Å². The number of hydrogen-bond acceptors (Lipinski definition) is 7. The van der Waals surface area contributed by atoms with Gasteiger partial charge in [-0.25, -0.2) is 9.89 Å². The van der Waals surface area contributed by atoms with Gasteiger partial charge in [0.15, 0.2) is 11.9 Å². The number of hydrogen-bond donors (Lipinski definition) is 2. The molecule has 3 heterocycles. The molecule has 1 saturated carbocycles. The molecule has 3 aromatic heterocycles. The third-order valence-corrected chi connectivity index (χ3v) is 7.58. The highest BCUT2D eigenvalue weighted by molar-refractivity contribution is 5.80. The average Bonchev–Trinajstić information content (AvgIpc) is 3.69. The highest BCUT2D eigenvalue weighted by atomic mass is 16.6. The summed E-state index contributed by atoms with van der Waals surface area (Å²) in [5.41, 5.74) is 6.25. The van der Waals surface area contributed by atoms with E-state index in [4.69, 9.17) is 9.47 Å². The van der Waals surface area contributed by atoms with Gasteiger partial charge in [-0.2, -0.15) is 4.98 Å². The van der Waals surface area contributed by atoms with E-state index in [1.165, 1.54) is 6.42 Å². The molecule has 2 N–H and O–H groups in total. The fourth-order valence-corrected chi connectivity index (χ4v) is 5.54. The molecule has 0 saturated heterocycles. The second-order valence-electron chi connectivity index (χ2n) is 10.3. The quantitative estimate of drug-likeness (QED) is 0.241. The first kappa shape index (κ1) is 26.5. The zero-order valence-electron chi connectivity index (χ0n) is 23.2. The maximum Gasteiger partial charge on any atom is 0.408 e. The van der Waals surface area contributed by atoms with Crippen molar-refractivity contribution in [2.24, 2.45) is 0 Å². The molecule has 1 atom stereocenters. The zero-order valence-corrected chi connectivity index (χ0v) is 23.2. The molecule has 0 bridgehead atoms. The number of amides is 1. The van der Waals surface area contributed by atoms with Crippen LogP contribution in [0, 0.1) is 6.92 Å². The van der Waals surface area contributed by atoms with Gasteiger partial charge < -0.3 is 14.8 Å². The van der Waals surface area contributed by atoms with Crippen molar-refractivity contribution in [2.75, 3.05) is 6.61 Å². The lowest BCUT2D eigenvalue weighted by Gasteiger charge is -2.25. The Morgan fingerprint density at radius 3 is 2.56 bits per heavy atom. The zero-order chi connectivity index (χ0) is 28.2. The summed E-state index contributed by atoms with van der Waals surface area (Å²) in [7, 11) is 0. The van der Waals surface area contributed by atoms with Crippen LogP contribution in [0.25, 0.3) is 28.2 Å². The number of H-pyrrole nitrogens is 1. The fraction of sp³-hybridized carbons (Fsp3) is 0.323. The lowest BCUT2D eigenvalue weighted by Crippen LogP contribution is -2.37. The van der Waals surface area contributed by atoms with Crippen molar-refractivity contribution < 1.29 is 14.3 Å². The van der Waals surface area contributed by atoms with Crippen molar-refractivity contribution in [1.82, 2.24) is 35.3 Å². The normalized spacial score (nSPS) is 14.6.